The lowest BCUT2D eigenvalue weighted by Crippen LogP contribution is -2.24. The van der Waals surface area contributed by atoms with Crippen molar-refractivity contribution in [2.75, 3.05) is 24.9 Å². The average molecular weight is 455 g/mol. The van der Waals surface area contributed by atoms with Crippen LogP contribution in [-0.4, -0.2) is 25.8 Å². The van der Waals surface area contributed by atoms with Gasteiger partial charge in [0.25, 0.3) is 0 Å². The van der Waals surface area contributed by atoms with E-state index in [-0.39, 0.29) is 11.6 Å². The average Bonchev–Trinajstić information content (AvgIpc) is 3.05. The van der Waals surface area contributed by atoms with Crippen molar-refractivity contribution in [3.05, 3.63) is 94.7 Å². The second-order valence-electron chi connectivity index (χ2n) is 8.43. The van der Waals surface area contributed by atoms with E-state index in [4.69, 9.17) is 9.47 Å². The molecule has 0 spiro atoms. The molecule has 1 aliphatic carbocycles. The molecule has 0 saturated carbocycles. The van der Waals surface area contributed by atoms with E-state index in [2.05, 4.69) is 10.6 Å². The van der Waals surface area contributed by atoms with E-state index in [1.54, 1.807) is 14.2 Å². The van der Waals surface area contributed by atoms with Crippen LogP contribution in [0.3, 0.4) is 0 Å². The summed E-state index contributed by atoms with van der Waals surface area (Å²) >= 11 is 0. The Morgan fingerprint density at radius 1 is 0.882 bits per heavy atom. The zero-order valence-electron chi connectivity index (χ0n) is 19.2. The maximum atomic E-state index is 13.2. The van der Waals surface area contributed by atoms with Crippen molar-refractivity contribution in [2.45, 2.75) is 25.3 Å². The molecule has 6 heteroatoms. The largest absolute Gasteiger partial charge is 0.497 e. The van der Waals surface area contributed by atoms with Crippen LogP contribution in [0.15, 0.2) is 78.0 Å². The number of fused-ring (bicyclic) bond motifs is 1. The Bertz CT molecular complexity index is 1300. The van der Waals surface area contributed by atoms with Gasteiger partial charge < -0.3 is 20.1 Å². The van der Waals surface area contributed by atoms with Crippen molar-refractivity contribution < 1.29 is 19.1 Å². The predicted molar refractivity (Wildman–Crippen MR) is 132 cm³/mol. The van der Waals surface area contributed by atoms with Crippen molar-refractivity contribution in [2.24, 2.45) is 0 Å². The quantitative estimate of drug-likeness (QED) is 0.495. The van der Waals surface area contributed by atoms with Crippen molar-refractivity contribution >= 4 is 22.9 Å². The lowest BCUT2D eigenvalue weighted by atomic mass is 9.86. The summed E-state index contributed by atoms with van der Waals surface area (Å²) in [6.45, 7) is 0. The molecule has 1 aliphatic heterocycles. The first-order valence-electron chi connectivity index (χ1n) is 11.3. The lowest BCUT2D eigenvalue weighted by molar-refractivity contribution is -0.116. The minimum atomic E-state index is -0.419. The van der Waals surface area contributed by atoms with Gasteiger partial charge in [0.1, 0.15) is 11.5 Å². The third-order valence-electron chi connectivity index (χ3n) is 6.40. The molecular formula is C28H26N2O4. The summed E-state index contributed by atoms with van der Waals surface area (Å²) < 4.78 is 11.1. The molecule has 1 atom stereocenters. The van der Waals surface area contributed by atoms with E-state index < -0.39 is 6.04 Å². The van der Waals surface area contributed by atoms with Crippen LogP contribution in [0.25, 0.3) is 0 Å². The second kappa shape index (κ2) is 9.06. The number of benzene rings is 3. The Morgan fingerprint density at radius 2 is 1.71 bits per heavy atom. The first-order valence-corrected chi connectivity index (χ1v) is 11.3. The predicted octanol–water partition coefficient (Wildman–Crippen LogP) is 5.52. The third-order valence-corrected chi connectivity index (χ3v) is 6.40. The molecule has 0 amide bonds. The molecule has 0 saturated heterocycles. The van der Waals surface area contributed by atoms with Gasteiger partial charge in [-0.15, -0.1) is 0 Å². The molecule has 0 fully saturated rings. The highest BCUT2D eigenvalue weighted by atomic mass is 16.5. The summed E-state index contributed by atoms with van der Waals surface area (Å²) in [7, 11) is 3.23. The highest BCUT2D eigenvalue weighted by molar-refractivity contribution is 6.10. The topological polar surface area (TPSA) is 76.7 Å². The maximum absolute atomic E-state index is 13.2. The van der Waals surface area contributed by atoms with Gasteiger partial charge >= 0.3 is 0 Å². The van der Waals surface area contributed by atoms with Gasteiger partial charge in [0, 0.05) is 34.4 Å². The van der Waals surface area contributed by atoms with E-state index in [9.17, 15) is 9.59 Å². The third kappa shape index (κ3) is 3.92. The zero-order chi connectivity index (χ0) is 23.7. The summed E-state index contributed by atoms with van der Waals surface area (Å²) in [5.74, 6) is 1.41. The fraction of sp³-hybridized carbons (Fsp3) is 0.214. The highest BCUT2D eigenvalue weighted by Gasteiger charge is 2.34. The highest BCUT2D eigenvalue weighted by Crippen LogP contribution is 2.44. The first kappa shape index (κ1) is 21.8. The van der Waals surface area contributed by atoms with Crippen LogP contribution in [0.5, 0.6) is 11.5 Å². The molecule has 0 aromatic heterocycles. The number of hydrogen-bond acceptors (Lipinski definition) is 6. The fourth-order valence-electron chi connectivity index (χ4n) is 4.69. The molecule has 2 aliphatic rings. The minimum absolute atomic E-state index is 0.0469. The van der Waals surface area contributed by atoms with Crippen molar-refractivity contribution in [1.29, 1.82) is 0 Å². The van der Waals surface area contributed by atoms with Gasteiger partial charge in [-0.2, -0.15) is 0 Å². The minimum Gasteiger partial charge on any atom is -0.497 e. The van der Waals surface area contributed by atoms with Crippen LogP contribution in [0.2, 0.25) is 0 Å². The summed E-state index contributed by atoms with van der Waals surface area (Å²) in [6, 6.07) is 20.0. The normalized spacial score (nSPS) is 17.0. The van der Waals surface area contributed by atoms with Gasteiger partial charge in [-0.25, -0.2) is 0 Å². The molecule has 6 nitrogen and oxygen atoms in total. The molecule has 3 aromatic carbocycles. The molecule has 172 valence electrons. The molecular weight excluding hydrogens is 428 g/mol. The van der Waals surface area contributed by atoms with Crippen molar-refractivity contribution in [1.82, 2.24) is 0 Å². The number of allylic oxidation sites excluding steroid dienone is 1. The Kier molecular flexibility index (Phi) is 5.80. The number of ketones is 2. The Hall–Kier alpha value is -4.06. The Morgan fingerprint density at radius 3 is 2.47 bits per heavy atom. The van der Waals surface area contributed by atoms with E-state index >= 15 is 0 Å². The summed E-state index contributed by atoms with van der Waals surface area (Å²) in [4.78, 5) is 26.2. The van der Waals surface area contributed by atoms with Crippen LogP contribution >= 0.6 is 0 Å². The van der Waals surface area contributed by atoms with Crippen LogP contribution in [0, 0.1) is 0 Å². The van der Waals surface area contributed by atoms with E-state index in [0.717, 1.165) is 35.5 Å². The summed E-state index contributed by atoms with van der Waals surface area (Å²) in [6.07, 6.45) is 2.03. The number of rotatable bonds is 5. The smallest absolute Gasteiger partial charge is 0.193 e. The number of carbonyl (C=O) groups is 2. The Labute approximate surface area is 198 Å². The molecule has 1 unspecified atom stereocenters. The number of anilines is 2. The molecule has 1 heterocycles. The number of nitrogens with one attached hydrogen (secondary N) is 2. The van der Waals surface area contributed by atoms with Crippen LogP contribution < -0.4 is 20.1 Å². The molecule has 34 heavy (non-hydrogen) atoms. The van der Waals surface area contributed by atoms with Crippen molar-refractivity contribution in [3.8, 4) is 11.5 Å². The number of Topliss-reactive ketones (excluding diaryl/α,β-unsaturated/α-hetero) is 1. The van der Waals surface area contributed by atoms with E-state index in [0.29, 0.717) is 34.6 Å². The molecule has 5 rings (SSSR count). The van der Waals surface area contributed by atoms with Gasteiger partial charge in [0.15, 0.2) is 11.6 Å². The lowest BCUT2D eigenvalue weighted by Gasteiger charge is -2.26. The van der Waals surface area contributed by atoms with Crippen LogP contribution in [0.1, 0.15) is 46.8 Å². The number of methoxy groups -OCH3 is 2. The number of hydrogen-bond donors (Lipinski definition) is 2. The number of ether oxygens (including phenoxy) is 2. The summed E-state index contributed by atoms with van der Waals surface area (Å²) in [5.41, 5.74) is 5.20. The van der Waals surface area contributed by atoms with E-state index in [1.807, 2.05) is 66.7 Å². The number of carbonyl (C=O) groups excluding carboxylic acids is 2. The molecule has 0 bridgehead atoms. The maximum Gasteiger partial charge on any atom is 0.193 e. The van der Waals surface area contributed by atoms with Gasteiger partial charge in [-0.05, 0) is 49.2 Å². The van der Waals surface area contributed by atoms with Gasteiger partial charge in [0.05, 0.1) is 31.6 Å². The first-order chi connectivity index (χ1) is 16.6. The molecule has 3 aromatic rings. The van der Waals surface area contributed by atoms with E-state index in [1.165, 1.54) is 0 Å². The standard InChI is InChI=1S/C28H26N2O4/c1-33-19-12-14-25(34-2)20(16-19)27-26-22(9-6-10-24(26)31)29-23-15-18(11-13-21(23)30-27)28(32)17-7-4-3-5-8-17/h3-5,7-8,11-16,27,29-30H,6,9-10H2,1-2H3. The van der Waals surface area contributed by atoms with Gasteiger partial charge in [-0.1, -0.05) is 30.3 Å². The SMILES string of the molecule is COc1ccc(OC)c(C2Nc3ccc(C(=O)c4ccccc4)cc3NC3=C2C(=O)CCC3)c1. The second-order valence-corrected chi connectivity index (χ2v) is 8.43. The van der Waals surface area contributed by atoms with Gasteiger partial charge in [0.2, 0.25) is 0 Å². The Balaban J connectivity index is 1.62. The van der Waals surface area contributed by atoms with Gasteiger partial charge in [-0.3, -0.25) is 9.59 Å². The zero-order valence-corrected chi connectivity index (χ0v) is 19.2. The van der Waals surface area contributed by atoms with Crippen LogP contribution in [-0.2, 0) is 4.79 Å². The summed E-state index contributed by atoms with van der Waals surface area (Å²) in [5, 5.41) is 7.03. The fourth-order valence-corrected chi connectivity index (χ4v) is 4.69. The van der Waals surface area contributed by atoms with Crippen LogP contribution in [0.4, 0.5) is 11.4 Å². The molecule has 0 radical (unpaired) electrons. The monoisotopic (exact) mass is 454 g/mol. The molecule has 2 N–H and O–H groups in total. The van der Waals surface area contributed by atoms with Crippen molar-refractivity contribution in [3.63, 3.8) is 0 Å².